The molecule has 9 nitrogen and oxygen atoms in total. The average Bonchev–Trinajstić information content (AvgIpc) is 3.16. The fourth-order valence-electron chi connectivity index (χ4n) is 4.19. The molecule has 5 rings (SSSR count). The number of rotatable bonds is 6. The van der Waals surface area contributed by atoms with Crippen molar-refractivity contribution in [1.82, 2.24) is 24.5 Å². The van der Waals surface area contributed by atoms with E-state index in [9.17, 15) is 9.59 Å². The zero-order valence-corrected chi connectivity index (χ0v) is 17.8. The van der Waals surface area contributed by atoms with E-state index in [1.54, 1.807) is 28.3 Å². The highest BCUT2D eigenvalue weighted by molar-refractivity contribution is 6.00. The van der Waals surface area contributed by atoms with Crippen molar-refractivity contribution in [3.05, 3.63) is 46.5 Å². The lowest BCUT2D eigenvalue weighted by Gasteiger charge is -2.34. The number of carbonyl (C=O) groups excluding carboxylic acids is 1. The van der Waals surface area contributed by atoms with Crippen LogP contribution in [0.3, 0.4) is 0 Å². The Morgan fingerprint density at radius 1 is 1.23 bits per heavy atom. The number of pyridine rings is 1. The van der Waals surface area contributed by atoms with Gasteiger partial charge in [0, 0.05) is 31.4 Å². The van der Waals surface area contributed by atoms with Gasteiger partial charge in [-0.1, -0.05) is 6.92 Å². The Labute approximate surface area is 179 Å². The van der Waals surface area contributed by atoms with Crippen molar-refractivity contribution < 1.29 is 4.79 Å². The van der Waals surface area contributed by atoms with Gasteiger partial charge in [-0.3, -0.25) is 9.59 Å². The SMILES string of the molecule is CNc1cc(Nc2cccn(C3CCC3)c2=O)nc2c(C(=O)NC3CCC3C)cnn12. The third kappa shape index (κ3) is 3.43. The molecule has 3 heterocycles. The molecule has 2 saturated carbocycles. The summed E-state index contributed by atoms with van der Waals surface area (Å²) >= 11 is 0. The standard InChI is InChI=1S/C22H27N7O2/c1-13-8-9-16(13)26-21(30)15-12-24-29-19(23-2)11-18(27-20(15)29)25-17-7-4-10-28(22(17)31)14-5-3-6-14/h4,7,10-14,16,23H,3,5-6,8-9H2,1-2H3,(H,25,27)(H,26,30). The second kappa shape index (κ2) is 7.72. The van der Waals surface area contributed by atoms with Crippen LogP contribution in [-0.4, -0.2) is 38.2 Å². The number of carbonyl (C=O) groups is 1. The summed E-state index contributed by atoms with van der Waals surface area (Å²) in [5.41, 5.74) is 1.25. The zero-order chi connectivity index (χ0) is 21.5. The second-order valence-corrected chi connectivity index (χ2v) is 8.55. The van der Waals surface area contributed by atoms with Gasteiger partial charge < -0.3 is 20.5 Å². The van der Waals surface area contributed by atoms with Gasteiger partial charge in [0.25, 0.3) is 11.5 Å². The third-order valence-electron chi connectivity index (χ3n) is 6.61. The van der Waals surface area contributed by atoms with E-state index in [0.717, 1.165) is 32.1 Å². The molecule has 1 amide bonds. The number of amides is 1. The summed E-state index contributed by atoms with van der Waals surface area (Å²) in [5.74, 6) is 1.45. The van der Waals surface area contributed by atoms with Crippen molar-refractivity contribution >= 4 is 28.9 Å². The van der Waals surface area contributed by atoms with Crippen LogP contribution in [0.2, 0.25) is 0 Å². The molecule has 0 radical (unpaired) electrons. The Hall–Kier alpha value is -3.36. The maximum Gasteiger partial charge on any atom is 0.274 e. The highest BCUT2D eigenvalue weighted by Crippen LogP contribution is 2.30. The third-order valence-corrected chi connectivity index (χ3v) is 6.61. The quantitative estimate of drug-likeness (QED) is 0.565. The molecule has 0 aromatic carbocycles. The van der Waals surface area contributed by atoms with Crippen LogP contribution < -0.4 is 21.5 Å². The lowest BCUT2D eigenvalue weighted by atomic mass is 9.81. The van der Waals surface area contributed by atoms with E-state index in [-0.39, 0.29) is 23.6 Å². The van der Waals surface area contributed by atoms with Gasteiger partial charge in [-0.25, -0.2) is 4.98 Å². The first-order chi connectivity index (χ1) is 15.0. The smallest absolute Gasteiger partial charge is 0.274 e. The summed E-state index contributed by atoms with van der Waals surface area (Å²) in [4.78, 5) is 30.4. The van der Waals surface area contributed by atoms with Crippen LogP contribution >= 0.6 is 0 Å². The first-order valence-corrected chi connectivity index (χ1v) is 10.9. The lowest BCUT2D eigenvalue weighted by molar-refractivity contribution is 0.0886. The molecular formula is C22H27N7O2. The second-order valence-electron chi connectivity index (χ2n) is 8.55. The van der Waals surface area contributed by atoms with Crippen LogP contribution in [0.4, 0.5) is 17.3 Å². The van der Waals surface area contributed by atoms with Crippen molar-refractivity contribution in [2.24, 2.45) is 5.92 Å². The summed E-state index contributed by atoms with van der Waals surface area (Å²) in [5, 5.41) is 13.7. The van der Waals surface area contributed by atoms with E-state index in [1.807, 2.05) is 12.3 Å². The molecule has 2 fully saturated rings. The van der Waals surface area contributed by atoms with Crippen LogP contribution in [0, 0.1) is 5.92 Å². The molecule has 3 aromatic rings. The number of nitrogens with zero attached hydrogens (tertiary/aromatic N) is 4. The van der Waals surface area contributed by atoms with Crippen LogP contribution in [0.5, 0.6) is 0 Å². The normalized spacial score (nSPS) is 20.7. The van der Waals surface area contributed by atoms with Crippen molar-refractivity contribution in [2.45, 2.75) is 51.1 Å². The fraction of sp³-hybridized carbons (Fsp3) is 0.455. The summed E-state index contributed by atoms with van der Waals surface area (Å²) in [7, 11) is 1.78. The van der Waals surface area contributed by atoms with Crippen molar-refractivity contribution in [1.29, 1.82) is 0 Å². The molecule has 9 heteroatoms. The predicted octanol–water partition coefficient (Wildman–Crippen LogP) is 2.93. The molecule has 31 heavy (non-hydrogen) atoms. The lowest BCUT2D eigenvalue weighted by Crippen LogP contribution is -2.45. The first-order valence-electron chi connectivity index (χ1n) is 10.9. The molecule has 3 aromatic heterocycles. The van der Waals surface area contributed by atoms with Crippen molar-refractivity contribution in [2.75, 3.05) is 17.7 Å². The van der Waals surface area contributed by atoms with Gasteiger partial charge in [-0.2, -0.15) is 9.61 Å². The molecule has 3 N–H and O–H groups in total. The van der Waals surface area contributed by atoms with Gasteiger partial charge in [-0.05, 0) is 50.2 Å². The Morgan fingerprint density at radius 2 is 2.06 bits per heavy atom. The predicted molar refractivity (Wildman–Crippen MR) is 119 cm³/mol. The fourth-order valence-corrected chi connectivity index (χ4v) is 4.19. The molecule has 2 unspecified atom stereocenters. The van der Waals surface area contributed by atoms with Crippen LogP contribution in [-0.2, 0) is 0 Å². The van der Waals surface area contributed by atoms with E-state index in [4.69, 9.17) is 0 Å². The van der Waals surface area contributed by atoms with Gasteiger partial charge in [0.2, 0.25) is 0 Å². The number of aromatic nitrogens is 4. The van der Waals surface area contributed by atoms with Crippen LogP contribution in [0.1, 0.15) is 55.4 Å². The molecule has 2 aliphatic rings. The molecular weight excluding hydrogens is 394 g/mol. The largest absolute Gasteiger partial charge is 0.373 e. The van der Waals surface area contributed by atoms with E-state index in [1.165, 1.54) is 6.20 Å². The van der Waals surface area contributed by atoms with E-state index in [2.05, 4.69) is 33.0 Å². The Balaban J connectivity index is 1.48. The first kappa shape index (κ1) is 19.6. The average molecular weight is 422 g/mol. The maximum absolute atomic E-state index is 12.9. The number of hydrogen-bond acceptors (Lipinski definition) is 6. The molecule has 0 aliphatic heterocycles. The highest BCUT2D eigenvalue weighted by Gasteiger charge is 2.29. The molecule has 0 spiro atoms. The van der Waals surface area contributed by atoms with Crippen molar-refractivity contribution in [3.63, 3.8) is 0 Å². The minimum absolute atomic E-state index is 0.0645. The summed E-state index contributed by atoms with van der Waals surface area (Å²) < 4.78 is 3.39. The zero-order valence-electron chi connectivity index (χ0n) is 17.8. The summed E-state index contributed by atoms with van der Waals surface area (Å²) in [6.07, 6.45) is 8.73. The van der Waals surface area contributed by atoms with Gasteiger partial charge in [0.05, 0.1) is 6.20 Å². The minimum Gasteiger partial charge on any atom is -0.373 e. The summed E-state index contributed by atoms with van der Waals surface area (Å²) in [6, 6.07) is 5.87. The summed E-state index contributed by atoms with van der Waals surface area (Å²) in [6.45, 7) is 2.14. The maximum atomic E-state index is 12.9. The van der Waals surface area contributed by atoms with Crippen LogP contribution in [0.25, 0.3) is 5.65 Å². The van der Waals surface area contributed by atoms with Gasteiger partial charge >= 0.3 is 0 Å². The van der Waals surface area contributed by atoms with Gasteiger partial charge in [-0.15, -0.1) is 0 Å². The van der Waals surface area contributed by atoms with Crippen LogP contribution in [0.15, 0.2) is 35.4 Å². The molecule has 2 aliphatic carbocycles. The highest BCUT2D eigenvalue weighted by atomic mass is 16.2. The molecule has 2 atom stereocenters. The molecule has 0 saturated heterocycles. The molecule has 162 valence electrons. The van der Waals surface area contributed by atoms with Gasteiger partial charge in [0.1, 0.15) is 22.9 Å². The number of nitrogens with one attached hydrogen (secondary N) is 3. The monoisotopic (exact) mass is 421 g/mol. The van der Waals surface area contributed by atoms with E-state index >= 15 is 0 Å². The van der Waals surface area contributed by atoms with E-state index < -0.39 is 0 Å². The Morgan fingerprint density at radius 3 is 2.71 bits per heavy atom. The topological polar surface area (TPSA) is 105 Å². The van der Waals surface area contributed by atoms with Gasteiger partial charge in [0.15, 0.2) is 5.65 Å². The number of hydrogen-bond donors (Lipinski definition) is 3. The van der Waals surface area contributed by atoms with Crippen molar-refractivity contribution in [3.8, 4) is 0 Å². The Kier molecular flexibility index (Phi) is 4.88. The van der Waals surface area contributed by atoms with E-state index in [0.29, 0.717) is 34.5 Å². The Bertz CT molecular complexity index is 1190. The number of anilines is 3. The molecule has 0 bridgehead atoms. The number of fused-ring (bicyclic) bond motifs is 1. The minimum atomic E-state index is -0.176.